The molecule has 0 N–H and O–H groups in total. The molecule has 0 bridgehead atoms. The summed E-state index contributed by atoms with van der Waals surface area (Å²) >= 11 is 0. The normalized spacial score (nSPS) is 14.8. The predicted molar refractivity (Wildman–Crippen MR) is 57.7 cm³/mol. The largest absolute Gasteiger partial charge is 0.0801 e. The first-order valence-corrected chi connectivity index (χ1v) is 4.72. The molecular weight excluding hydrogens is 156 g/mol. The lowest BCUT2D eigenvalue weighted by Gasteiger charge is -2.07. The molecule has 0 fully saturated rings. The van der Waals surface area contributed by atoms with E-state index < -0.39 is 0 Å². The molecule has 13 heavy (non-hydrogen) atoms. The summed E-state index contributed by atoms with van der Waals surface area (Å²) in [6.45, 7) is 4.36. The van der Waals surface area contributed by atoms with Crippen LogP contribution in [0.1, 0.15) is 23.1 Å². The highest BCUT2D eigenvalue weighted by atomic mass is 14.1. The number of aryl methyl sites for hydroxylation is 1. The molecule has 1 aliphatic rings. The standard InChI is InChI=1S/C13H14/c1-10-6-5-9-13(11(10)2)12-7-3-4-8-12/h3,5-9H,4H2,1-2H3. The SMILES string of the molecule is Cc1cccc(C2=CCC=C2)c1C. The molecule has 0 heterocycles. The number of hydrogen-bond acceptors (Lipinski definition) is 0. The maximum Gasteiger partial charge on any atom is -0.0155 e. The van der Waals surface area contributed by atoms with Crippen molar-refractivity contribution in [2.45, 2.75) is 20.3 Å². The zero-order chi connectivity index (χ0) is 9.26. The van der Waals surface area contributed by atoms with Crippen LogP contribution < -0.4 is 0 Å². The third-order valence-corrected chi connectivity index (χ3v) is 2.69. The van der Waals surface area contributed by atoms with Crippen LogP contribution in [0.15, 0.2) is 36.4 Å². The average molecular weight is 170 g/mol. The van der Waals surface area contributed by atoms with E-state index in [-0.39, 0.29) is 0 Å². The van der Waals surface area contributed by atoms with Crippen molar-refractivity contribution in [3.63, 3.8) is 0 Å². The van der Waals surface area contributed by atoms with Gasteiger partial charge in [-0.05, 0) is 42.5 Å². The molecule has 0 aromatic heterocycles. The van der Waals surface area contributed by atoms with Crippen molar-refractivity contribution < 1.29 is 0 Å². The van der Waals surface area contributed by atoms with Gasteiger partial charge in [0.1, 0.15) is 0 Å². The van der Waals surface area contributed by atoms with Crippen LogP contribution in [0.25, 0.3) is 5.57 Å². The minimum Gasteiger partial charge on any atom is -0.0801 e. The van der Waals surface area contributed by atoms with Gasteiger partial charge in [-0.3, -0.25) is 0 Å². The maximum atomic E-state index is 2.28. The molecule has 1 aromatic carbocycles. The first-order chi connectivity index (χ1) is 6.29. The third kappa shape index (κ3) is 1.44. The van der Waals surface area contributed by atoms with Gasteiger partial charge in [0.25, 0.3) is 0 Å². The second-order valence-electron chi connectivity index (χ2n) is 3.55. The van der Waals surface area contributed by atoms with Crippen molar-refractivity contribution >= 4 is 5.57 Å². The topological polar surface area (TPSA) is 0 Å². The van der Waals surface area contributed by atoms with E-state index in [4.69, 9.17) is 0 Å². The van der Waals surface area contributed by atoms with Gasteiger partial charge in [0.05, 0.1) is 0 Å². The highest BCUT2D eigenvalue weighted by Gasteiger charge is 2.05. The van der Waals surface area contributed by atoms with Gasteiger partial charge < -0.3 is 0 Å². The van der Waals surface area contributed by atoms with E-state index >= 15 is 0 Å². The Labute approximate surface area is 79.6 Å². The lowest BCUT2D eigenvalue weighted by molar-refractivity contribution is 1.32. The molecule has 0 amide bonds. The van der Waals surface area contributed by atoms with Gasteiger partial charge >= 0.3 is 0 Å². The first kappa shape index (κ1) is 8.31. The fourth-order valence-corrected chi connectivity index (χ4v) is 1.72. The highest BCUT2D eigenvalue weighted by Crippen LogP contribution is 2.25. The Morgan fingerprint density at radius 2 is 2.00 bits per heavy atom. The Balaban J connectivity index is 2.51. The van der Waals surface area contributed by atoms with Crippen molar-refractivity contribution in [3.05, 3.63) is 53.1 Å². The zero-order valence-corrected chi connectivity index (χ0v) is 8.17. The molecule has 2 rings (SSSR count). The Kier molecular flexibility index (Phi) is 2.05. The lowest BCUT2D eigenvalue weighted by Crippen LogP contribution is -1.88. The first-order valence-electron chi connectivity index (χ1n) is 4.72. The number of benzene rings is 1. The fraction of sp³-hybridized carbons (Fsp3) is 0.231. The minimum absolute atomic E-state index is 1.09. The summed E-state index contributed by atoms with van der Waals surface area (Å²) in [7, 11) is 0. The molecule has 0 nitrogen and oxygen atoms in total. The zero-order valence-electron chi connectivity index (χ0n) is 8.17. The van der Waals surface area contributed by atoms with E-state index in [1.165, 1.54) is 22.3 Å². The summed E-state index contributed by atoms with van der Waals surface area (Å²) in [5, 5.41) is 0. The monoisotopic (exact) mass is 170 g/mol. The third-order valence-electron chi connectivity index (χ3n) is 2.69. The molecule has 1 aromatic rings. The molecule has 0 spiro atoms. The highest BCUT2D eigenvalue weighted by molar-refractivity contribution is 5.78. The molecular formula is C13H14. The van der Waals surface area contributed by atoms with Gasteiger partial charge in [0, 0.05) is 0 Å². The average Bonchev–Trinajstić information content (AvgIpc) is 2.62. The Morgan fingerprint density at radius 3 is 2.69 bits per heavy atom. The van der Waals surface area contributed by atoms with E-state index in [0.29, 0.717) is 0 Å². The molecule has 0 saturated carbocycles. The quantitative estimate of drug-likeness (QED) is 0.603. The van der Waals surface area contributed by atoms with Crippen LogP contribution in [0.3, 0.4) is 0 Å². The molecule has 0 unspecified atom stereocenters. The van der Waals surface area contributed by atoms with Crippen LogP contribution in [0.4, 0.5) is 0 Å². The van der Waals surface area contributed by atoms with Crippen LogP contribution in [-0.2, 0) is 0 Å². The van der Waals surface area contributed by atoms with Crippen LogP contribution in [0.5, 0.6) is 0 Å². The van der Waals surface area contributed by atoms with Gasteiger partial charge in [0.15, 0.2) is 0 Å². The van der Waals surface area contributed by atoms with Crippen LogP contribution in [0, 0.1) is 13.8 Å². The molecule has 0 atom stereocenters. The summed E-state index contributed by atoms with van der Waals surface area (Å²) in [6, 6.07) is 6.49. The summed E-state index contributed by atoms with van der Waals surface area (Å²) in [4.78, 5) is 0. The lowest BCUT2D eigenvalue weighted by atomic mass is 9.98. The second-order valence-corrected chi connectivity index (χ2v) is 3.55. The van der Waals surface area contributed by atoms with Gasteiger partial charge in [-0.15, -0.1) is 0 Å². The van der Waals surface area contributed by atoms with Gasteiger partial charge in [-0.25, -0.2) is 0 Å². The van der Waals surface area contributed by atoms with Crippen molar-refractivity contribution in [1.82, 2.24) is 0 Å². The van der Waals surface area contributed by atoms with Crippen molar-refractivity contribution in [3.8, 4) is 0 Å². The molecule has 0 saturated heterocycles. The summed E-state index contributed by atoms with van der Waals surface area (Å²) in [6.07, 6.45) is 7.78. The van der Waals surface area contributed by atoms with Crippen molar-refractivity contribution in [1.29, 1.82) is 0 Å². The van der Waals surface area contributed by atoms with E-state index in [9.17, 15) is 0 Å². The molecule has 0 radical (unpaired) electrons. The summed E-state index contributed by atoms with van der Waals surface area (Å²) in [5.74, 6) is 0. The summed E-state index contributed by atoms with van der Waals surface area (Å²) in [5.41, 5.74) is 5.54. The van der Waals surface area contributed by atoms with E-state index in [1.54, 1.807) is 0 Å². The maximum absolute atomic E-state index is 2.28. The van der Waals surface area contributed by atoms with Crippen LogP contribution in [0.2, 0.25) is 0 Å². The predicted octanol–water partition coefficient (Wildman–Crippen LogP) is 3.65. The molecule has 0 heteroatoms. The van der Waals surface area contributed by atoms with Crippen LogP contribution in [-0.4, -0.2) is 0 Å². The van der Waals surface area contributed by atoms with E-state index in [2.05, 4.69) is 50.3 Å². The Morgan fingerprint density at radius 1 is 1.15 bits per heavy atom. The van der Waals surface area contributed by atoms with E-state index in [1.807, 2.05) is 0 Å². The molecule has 66 valence electrons. The molecule has 0 aliphatic heterocycles. The van der Waals surface area contributed by atoms with Gasteiger partial charge in [-0.2, -0.15) is 0 Å². The van der Waals surface area contributed by atoms with Crippen LogP contribution >= 0.6 is 0 Å². The van der Waals surface area contributed by atoms with Crippen molar-refractivity contribution in [2.75, 3.05) is 0 Å². The van der Waals surface area contributed by atoms with E-state index in [0.717, 1.165) is 6.42 Å². The number of rotatable bonds is 1. The Bertz CT molecular complexity index is 381. The van der Waals surface area contributed by atoms with Gasteiger partial charge in [0.2, 0.25) is 0 Å². The second kappa shape index (κ2) is 3.21. The minimum atomic E-state index is 1.09. The number of allylic oxidation sites excluding steroid dienone is 4. The van der Waals surface area contributed by atoms with Crippen molar-refractivity contribution in [2.24, 2.45) is 0 Å². The van der Waals surface area contributed by atoms with Gasteiger partial charge in [-0.1, -0.05) is 36.4 Å². The smallest absolute Gasteiger partial charge is 0.0155 e. The molecule has 1 aliphatic carbocycles. The fourth-order valence-electron chi connectivity index (χ4n) is 1.72. The Hall–Kier alpha value is -1.30. The summed E-state index contributed by atoms with van der Waals surface area (Å²) < 4.78 is 0. The number of hydrogen-bond donors (Lipinski definition) is 0.